The lowest BCUT2D eigenvalue weighted by Crippen LogP contribution is -2.54. The van der Waals surface area contributed by atoms with Gasteiger partial charge in [-0.3, -0.25) is 4.79 Å². The number of carbonyl (C=O) groups excluding carboxylic acids is 1. The van der Waals surface area contributed by atoms with Gasteiger partial charge in [-0.1, -0.05) is 96.1 Å². The van der Waals surface area contributed by atoms with E-state index in [4.69, 9.17) is 13.3 Å². The van der Waals surface area contributed by atoms with Gasteiger partial charge in [0.2, 0.25) is 0 Å². The van der Waals surface area contributed by atoms with Gasteiger partial charge >= 0.3 is 0 Å². The second-order valence-electron chi connectivity index (χ2n) is 17.1. The molecule has 7 heteroatoms. The van der Waals surface area contributed by atoms with Crippen LogP contribution < -0.4 is 0 Å². The first-order valence-corrected chi connectivity index (χ1v) is 23.8. The summed E-state index contributed by atoms with van der Waals surface area (Å²) in [6.07, 6.45) is 2.19. The van der Waals surface area contributed by atoms with E-state index in [1.165, 1.54) is 0 Å². The maximum absolute atomic E-state index is 14.5. The first-order chi connectivity index (χ1) is 17.0. The van der Waals surface area contributed by atoms with Crippen molar-refractivity contribution in [3.05, 3.63) is 12.7 Å². The molecule has 0 radical (unpaired) electrons. The van der Waals surface area contributed by atoms with Crippen molar-refractivity contribution < 1.29 is 18.1 Å². The van der Waals surface area contributed by atoms with Gasteiger partial charge in [-0.25, -0.2) is 0 Å². The molecular formula is C32H68O4Si3. The minimum atomic E-state index is -2.15. The Morgan fingerprint density at radius 3 is 1.46 bits per heavy atom. The van der Waals surface area contributed by atoms with Crippen molar-refractivity contribution in [3.8, 4) is 0 Å². The molecule has 4 nitrogen and oxygen atoms in total. The van der Waals surface area contributed by atoms with Crippen LogP contribution in [0, 0.1) is 17.3 Å². The highest BCUT2D eigenvalue weighted by Gasteiger charge is 2.49. The van der Waals surface area contributed by atoms with E-state index < -0.39 is 30.4 Å². The standard InChI is InChI=1S/C32H68O4Si3/c1-21-24(2)27(36-39(19,20)31(10,11)12)25(3)28(33)32(13,14)26(35-38(17,18)30(7,8)9)22-23-34-37(15,16)29(4,5)6/h21,24-27H,1,22-23H2,2-20H3/t24-,25+,26-,27-/m0/s1. The van der Waals surface area contributed by atoms with Gasteiger partial charge in [-0.2, -0.15) is 0 Å². The number of ketones is 1. The molecule has 0 aliphatic heterocycles. The Balaban J connectivity index is 6.38. The Labute approximate surface area is 247 Å². The Morgan fingerprint density at radius 2 is 1.10 bits per heavy atom. The summed E-state index contributed by atoms with van der Waals surface area (Å²) in [5.41, 5.74) is -0.693. The minimum Gasteiger partial charge on any atom is -0.417 e. The molecule has 0 bridgehead atoms. The van der Waals surface area contributed by atoms with Crippen molar-refractivity contribution in [1.82, 2.24) is 0 Å². The summed E-state index contributed by atoms with van der Waals surface area (Å²) >= 11 is 0. The van der Waals surface area contributed by atoms with Crippen molar-refractivity contribution in [1.29, 1.82) is 0 Å². The molecule has 0 N–H and O–H groups in total. The molecule has 0 fully saturated rings. The molecule has 4 atom stereocenters. The topological polar surface area (TPSA) is 44.8 Å². The lowest BCUT2D eigenvalue weighted by Gasteiger charge is -2.46. The van der Waals surface area contributed by atoms with E-state index in [2.05, 4.69) is 136 Å². The highest BCUT2D eigenvalue weighted by atomic mass is 28.4. The van der Waals surface area contributed by atoms with E-state index >= 15 is 0 Å². The summed E-state index contributed by atoms with van der Waals surface area (Å²) in [5.74, 6) is -0.0135. The van der Waals surface area contributed by atoms with Crippen molar-refractivity contribution in [2.75, 3.05) is 6.61 Å². The van der Waals surface area contributed by atoms with Gasteiger partial charge in [0, 0.05) is 17.9 Å². The third-order valence-corrected chi connectivity index (χ3v) is 23.9. The zero-order valence-corrected chi connectivity index (χ0v) is 32.6. The summed E-state index contributed by atoms with van der Waals surface area (Å²) in [5, 5.41) is 0.235. The van der Waals surface area contributed by atoms with Gasteiger partial charge < -0.3 is 13.3 Å². The molecule has 0 unspecified atom stereocenters. The summed E-state index contributed by atoms with van der Waals surface area (Å²) in [7, 11) is -6.16. The first kappa shape index (κ1) is 38.9. The molecule has 0 heterocycles. The fourth-order valence-electron chi connectivity index (χ4n) is 3.95. The van der Waals surface area contributed by atoms with Crippen LogP contribution in [0.5, 0.6) is 0 Å². The molecule has 0 saturated heterocycles. The fourth-order valence-corrected chi connectivity index (χ4v) is 7.94. The second-order valence-corrected chi connectivity index (χ2v) is 31.4. The van der Waals surface area contributed by atoms with E-state index in [1.54, 1.807) is 0 Å². The van der Waals surface area contributed by atoms with Crippen LogP contribution >= 0.6 is 0 Å². The molecule has 0 aliphatic rings. The number of hydrogen-bond donors (Lipinski definition) is 0. The summed E-state index contributed by atoms with van der Waals surface area (Å²) < 4.78 is 20.6. The monoisotopic (exact) mass is 600 g/mol. The van der Waals surface area contributed by atoms with Crippen molar-refractivity contribution in [3.63, 3.8) is 0 Å². The molecule has 0 spiro atoms. The normalized spacial score (nSPS) is 17.9. The second kappa shape index (κ2) is 13.1. The summed E-state index contributed by atoms with van der Waals surface area (Å²) in [6, 6.07) is 0. The third-order valence-electron chi connectivity index (χ3n) is 10.4. The van der Waals surface area contributed by atoms with Crippen LogP contribution in [0.25, 0.3) is 0 Å². The maximum Gasteiger partial charge on any atom is 0.192 e. The molecule has 0 aromatic rings. The van der Waals surface area contributed by atoms with E-state index in [-0.39, 0.29) is 44.9 Å². The van der Waals surface area contributed by atoms with Crippen molar-refractivity contribution in [2.24, 2.45) is 17.3 Å². The molecule has 0 amide bonds. The van der Waals surface area contributed by atoms with Crippen molar-refractivity contribution in [2.45, 2.75) is 163 Å². The minimum absolute atomic E-state index is 0.0433. The van der Waals surface area contributed by atoms with Crippen molar-refractivity contribution >= 4 is 30.7 Å². The molecule has 0 aromatic heterocycles. The van der Waals surface area contributed by atoms with Crippen LogP contribution in [0.15, 0.2) is 12.7 Å². The number of Topliss-reactive ketones (excluding diaryl/α,β-unsaturated/α-hetero) is 1. The predicted octanol–water partition coefficient (Wildman–Crippen LogP) is 10.2. The highest BCUT2D eigenvalue weighted by Crippen LogP contribution is 2.44. The van der Waals surface area contributed by atoms with Gasteiger partial charge in [0.1, 0.15) is 5.78 Å². The smallest absolute Gasteiger partial charge is 0.192 e. The molecule has 0 rings (SSSR count). The zero-order valence-electron chi connectivity index (χ0n) is 29.6. The number of rotatable bonds is 14. The van der Waals surface area contributed by atoms with Gasteiger partial charge in [0.25, 0.3) is 0 Å². The fraction of sp³-hybridized carbons (Fsp3) is 0.906. The average molecular weight is 601 g/mol. The lowest BCUT2D eigenvalue weighted by atomic mass is 9.73. The zero-order chi connectivity index (χ0) is 31.6. The molecule has 0 aliphatic carbocycles. The van der Waals surface area contributed by atoms with Crippen LogP contribution in [0.4, 0.5) is 0 Å². The molecular weight excluding hydrogens is 533 g/mol. The maximum atomic E-state index is 14.5. The molecule has 232 valence electrons. The summed E-state index contributed by atoms with van der Waals surface area (Å²) in [6.45, 7) is 47.0. The number of hydrogen-bond acceptors (Lipinski definition) is 4. The average Bonchev–Trinajstić information content (AvgIpc) is 2.72. The quantitative estimate of drug-likeness (QED) is 0.147. The van der Waals surface area contributed by atoms with Crippen LogP contribution in [-0.4, -0.2) is 49.6 Å². The van der Waals surface area contributed by atoms with Crippen LogP contribution in [-0.2, 0) is 18.1 Å². The molecule has 0 aromatic carbocycles. The first-order valence-electron chi connectivity index (χ1n) is 15.1. The third kappa shape index (κ3) is 10.0. The Morgan fingerprint density at radius 1 is 0.718 bits per heavy atom. The highest BCUT2D eigenvalue weighted by molar-refractivity contribution is 6.75. The molecule has 39 heavy (non-hydrogen) atoms. The Hall–Kier alpha value is -0.0594. The van der Waals surface area contributed by atoms with Crippen LogP contribution in [0.1, 0.15) is 96.4 Å². The molecule has 0 saturated carbocycles. The van der Waals surface area contributed by atoms with Gasteiger partial charge in [-0.15, -0.1) is 6.58 Å². The van der Waals surface area contributed by atoms with E-state index in [1.807, 2.05) is 6.08 Å². The Bertz CT molecular complexity index is 811. The largest absolute Gasteiger partial charge is 0.417 e. The van der Waals surface area contributed by atoms with Gasteiger partial charge in [0.05, 0.1) is 12.2 Å². The number of carbonyl (C=O) groups is 1. The van der Waals surface area contributed by atoms with E-state index in [9.17, 15) is 4.79 Å². The Kier molecular flexibility index (Phi) is 13.0. The predicted molar refractivity (Wildman–Crippen MR) is 179 cm³/mol. The van der Waals surface area contributed by atoms with Gasteiger partial charge in [-0.05, 0) is 66.7 Å². The van der Waals surface area contributed by atoms with Gasteiger partial charge in [0.15, 0.2) is 25.0 Å². The summed E-state index contributed by atoms with van der Waals surface area (Å²) in [4.78, 5) is 14.5. The van der Waals surface area contributed by atoms with Crippen LogP contribution in [0.3, 0.4) is 0 Å². The van der Waals surface area contributed by atoms with E-state index in [0.29, 0.717) is 13.0 Å². The lowest BCUT2D eigenvalue weighted by molar-refractivity contribution is -0.140. The van der Waals surface area contributed by atoms with Crippen LogP contribution in [0.2, 0.25) is 54.4 Å². The SMILES string of the molecule is C=C[C@H](C)[C@H](O[Si](C)(C)C(C)(C)C)[C@@H](C)C(=O)C(C)(C)[C@H](CCO[Si](C)(C)C(C)(C)C)O[Si](C)(C)C(C)(C)C. The van der Waals surface area contributed by atoms with E-state index in [0.717, 1.165) is 0 Å².